The first kappa shape index (κ1) is 33.7. The van der Waals surface area contributed by atoms with Crippen LogP contribution in [0.4, 0.5) is 70.2 Å². The van der Waals surface area contributed by atoms with Crippen LogP contribution >= 0.6 is 0 Å². The number of benzene rings is 1. The Hall–Kier alpha value is -2.52. The molecule has 0 N–H and O–H groups in total. The van der Waals surface area contributed by atoms with E-state index in [9.17, 15) is 82.7 Å². The molecule has 2 atom stereocenters. The summed E-state index contributed by atoms with van der Waals surface area (Å²) in [6.45, 7) is 0. The Morgan fingerprint density at radius 1 is 0.700 bits per heavy atom. The maximum absolute atomic E-state index is 15.3. The van der Waals surface area contributed by atoms with Crippen LogP contribution in [0.2, 0.25) is 0 Å². The number of hydrogen-bond donors (Lipinski definition) is 0. The van der Waals surface area contributed by atoms with E-state index in [1.165, 1.54) is 0 Å². The van der Waals surface area contributed by atoms with Gasteiger partial charge in [-0.1, -0.05) is 0 Å². The van der Waals surface area contributed by atoms with Gasteiger partial charge in [-0.3, -0.25) is 0 Å². The van der Waals surface area contributed by atoms with E-state index in [0.29, 0.717) is 0 Å². The van der Waals surface area contributed by atoms with Gasteiger partial charge in [-0.25, -0.2) is 47.6 Å². The van der Waals surface area contributed by atoms with E-state index < -0.39 is 124 Å². The maximum Gasteiger partial charge on any atom is 0.406 e. The van der Waals surface area contributed by atoms with Crippen molar-refractivity contribution in [3.05, 3.63) is 50.0 Å². The minimum Gasteiger partial charge on any atom is -0.237 e. The first-order valence-electron chi connectivity index (χ1n) is 9.63. The molecule has 0 amide bonds. The van der Waals surface area contributed by atoms with E-state index in [2.05, 4.69) is 0 Å². The van der Waals surface area contributed by atoms with Crippen LogP contribution in [0, 0.1) is 23.3 Å². The molecule has 40 heavy (non-hydrogen) atoms. The zero-order valence-corrected chi connectivity index (χ0v) is 19.9. The number of halogens is 16. The number of rotatable bonds is 6. The summed E-state index contributed by atoms with van der Waals surface area (Å²) < 4.78 is 263. The second kappa shape index (κ2) is 10.4. The maximum atomic E-state index is 15.3. The highest BCUT2D eigenvalue weighted by Crippen LogP contribution is 2.51. The zero-order valence-electron chi connectivity index (χ0n) is 18.3. The molecule has 0 aromatic heterocycles. The van der Waals surface area contributed by atoms with Gasteiger partial charge >= 0.3 is 18.5 Å². The van der Waals surface area contributed by atoms with Gasteiger partial charge in [0, 0.05) is 5.56 Å². The van der Waals surface area contributed by atoms with Gasteiger partial charge in [0.1, 0.15) is 0 Å². The smallest absolute Gasteiger partial charge is 0.237 e. The van der Waals surface area contributed by atoms with Crippen molar-refractivity contribution in [3.8, 4) is 0 Å². The Labute approximate surface area is 211 Å². The number of allylic oxidation sites excluding steroid dienone is 2. The Morgan fingerprint density at radius 3 is 1.60 bits per heavy atom. The number of fused-ring (bicyclic) bond motifs is 1. The molecule has 0 heterocycles. The van der Waals surface area contributed by atoms with Crippen molar-refractivity contribution < 1.29 is 87.1 Å². The van der Waals surface area contributed by atoms with Crippen molar-refractivity contribution >= 4 is 25.5 Å². The van der Waals surface area contributed by atoms with Crippen molar-refractivity contribution in [2.75, 3.05) is 5.75 Å². The van der Waals surface area contributed by atoms with E-state index in [1.54, 1.807) is 0 Å². The molecule has 0 spiro atoms. The minimum atomic E-state index is -7.50. The van der Waals surface area contributed by atoms with Crippen LogP contribution in [0.5, 0.6) is 0 Å². The van der Waals surface area contributed by atoms with Crippen LogP contribution < -0.4 is 0 Å². The monoisotopic (exact) mass is 656 g/mol. The van der Waals surface area contributed by atoms with Gasteiger partial charge in [-0.2, -0.15) is 39.5 Å². The average Bonchev–Trinajstić information content (AvgIpc) is 2.76. The van der Waals surface area contributed by atoms with Gasteiger partial charge in [-0.05, 0) is 0 Å². The SMILES string of the molecule is O=S(=O)(CCC(F)(F)F)C(=C1C(F)=C(F)c2c(F)c(F)c(F)c(F)c2C1F)S(=O)(=O)C(CC(F)(F)F)C(F)(F)F. The molecule has 1 aliphatic carbocycles. The van der Waals surface area contributed by atoms with Gasteiger partial charge in [0.25, 0.3) is 0 Å². The van der Waals surface area contributed by atoms with Gasteiger partial charge in [0.2, 0.25) is 9.84 Å². The molecule has 22 heteroatoms. The Balaban J connectivity index is 3.18. The van der Waals surface area contributed by atoms with Gasteiger partial charge in [0.15, 0.2) is 60.4 Å². The lowest BCUT2D eigenvalue weighted by Gasteiger charge is -2.28. The molecule has 0 fully saturated rings. The fraction of sp³-hybridized carbons (Fsp3) is 0.444. The predicted octanol–water partition coefficient (Wildman–Crippen LogP) is 6.75. The molecule has 0 bridgehead atoms. The Morgan fingerprint density at radius 2 is 1.18 bits per heavy atom. The van der Waals surface area contributed by atoms with Crippen molar-refractivity contribution in [3.63, 3.8) is 0 Å². The molecule has 1 aromatic rings. The summed E-state index contributed by atoms with van der Waals surface area (Å²) in [6.07, 6.45) is -29.2. The van der Waals surface area contributed by atoms with Crippen molar-refractivity contribution in [2.24, 2.45) is 0 Å². The molecular weight excluding hydrogens is 648 g/mol. The van der Waals surface area contributed by atoms with Crippen molar-refractivity contribution in [1.29, 1.82) is 0 Å². The zero-order chi connectivity index (χ0) is 31.5. The summed E-state index contributed by atoms with van der Waals surface area (Å²) in [5.74, 6) is -21.3. The van der Waals surface area contributed by atoms with Crippen molar-refractivity contribution in [1.82, 2.24) is 0 Å². The molecule has 0 saturated heterocycles. The molecular formula is C18H8F16O4S2. The summed E-state index contributed by atoms with van der Waals surface area (Å²) in [5.41, 5.74) is -8.30. The van der Waals surface area contributed by atoms with E-state index in [0.717, 1.165) is 0 Å². The largest absolute Gasteiger partial charge is 0.406 e. The third-order valence-corrected chi connectivity index (χ3v) is 9.94. The van der Waals surface area contributed by atoms with E-state index in [4.69, 9.17) is 0 Å². The summed E-state index contributed by atoms with van der Waals surface area (Å²) in [7, 11) is -14.3. The second-order valence-electron chi connectivity index (χ2n) is 7.81. The summed E-state index contributed by atoms with van der Waals surface area (Å²) in [6, 6.07) is 0. The standard InChI is InChI=1S/C18H8F16O4S2/c19-8-5-6(11(22)14(25)13(24)10(5)21)9(20)12(23)7(8)15(39(35,36)2-1-16(26,27)28)40(37,38)4(18(32,33)34)3-17(29,30)31/h4,8H,1-3H2. The van der Waals surface area contributed by atoms with Crippen LogP contribution in [0.3, 0.4) is 0 Å². The molecule has 0 aliphatic heterocycles. The lowest BCUT2D eigenvalue weighted by atomic mass is 9.89. The average molecular weight is 656 g/mol. The molecule has 2 rings (SSSR count). The summed E-state index contributed by atoms with van der Waals surface area (Å²) in [4.78, 5) is 0. The Kier molecular flexibility index (Phi) is 8.75. The first-order valence-corrected chi connectivity index (χ1v) is 12.8. The van der Waals surface area contributed by atoms with E-state index >= 15 is 4.39 Å². The minimum absolute atomic E-state index is 2.52. The topological polar surface area (TPSA) is 68.3 Å². The highest BCUT2D eigenvalue weighted by atomic mass is 32.3. The third-order valence-electron chi connectivity index (χ3n) is 5.03. The molecule has 4 nitrogen and oxygen atoms in total. The van der Waals surface area contributed by atoms with E-state index in [1.807, 2.05) is 0 Å². The molecule has 2 unspecified atom stereocenters. The number of sulfone groups is 2. The Bertz CT molecular complexity index is 1480. The fourth-order valence-electron chi connectivity index (χ4n) is 3.36. The van der Waals surface area contributed by atoms with Crippen LogP contribution in [0.15, 0.2) is 15.6 Å². The highest BCUT2D eigenvalue weighted by Gasteiger charge is 2.58. The second-order valence-corrected chi connectivity index (χ2v) is 12.2. The molecule has 1 aromatic carbocycles. The van der Waals surface area contributed by atoms with Crippen molar-refractivity contribution in [2.45, 2.75) is 42.8 Å². The molecule has 228 valence electrons. The first-order chi connectivity index (χ1) is 17.7. The lowest BCUT2D eigenvalue weighted by molar-refractivity contribution is -0.179. The third kappa shape index (κ3) is 6.35. The van der Waals surface area contributed by atoms with Gasteiger partial charge in [0.05, 0.1) is 29.7 Å². The van der Waals surface area contributed by atoms with Crippen LogP contribution in [-0.4, -0.2) is 46.4 Å². The summed E-state index contributed by atoms with van der Waals surface area (Å²) in [5, 5.41) is -5.01. The van der Waals surface area contributed by atoms with Gasteiger partial charge in [-0.15, -0.1) is 0 Å². The summed E-state index contributed by atoms with van der Waals surface area (Å²) >= 11 is 0. The molecule has 0 saturated carbocycles. The molecule has 0 radical (unpaired) electrons. The lowest BCUT2D eigenvalue weighted by Crippen LogP contribution is -2.43. The van der Waals surface area contributed by atoms with Crippen LogP contribution in [0.25, 0.3) is 5.83 Å². The number of hydrogen-bond acceptors (Lipinski definition) is 4. The number of alkyl halides is 10. The normalized spacial score (nSPS) is 19.6. The van der Waals surface area contributed by atoms with Crippen LogP contribution in [0.1, 0.15) is 30.1 Å². The van der Waals surface area contributed by atoms with E-state index in [-0.39, 0.29) is 0 Å². The fourth-order valence-corrected chi connectivity index (χ4v) is 8.11. The molecule has 1 aliphatic rings. The highest BCUT2D eigenvalue weighted by molar-refractivity contribution is 8.14. The van der Waals surface area contributed by atoms with Gasteiger partial charge < -0.3 is 0 Å². The quantitative estimate of drug-likeness (QED) is 0.193. The predicted molar refractivity (Wildman–Crippen MR) is 100 cm³/mol. The van der Waals surface area contributed by atoms with Crippen LogP contribution in [-0.2, 0) is 19.7 Å².